The van der Waals surface area contributed by atoms with Crippen LogP contribution in [0, 0.1) is 0 Å². The van der Waals surface area contributed by atoms with Crippen LogP contribution in [0.5, 0.6) is 0 Å². The van der Waals surface area contributed by atoms with Crippen molar-refractivity contribution in [3.63, 3.8) is 0 Å². The van der Waals surface area contributed by atoms with Gasteiger partial charge in [-0.25, -0.2) is 15.2 Å². The maximum atomic E-state index is 12.1. The number of nitrogens with zero attached hydrogens (tertiary/aromatic N) is 1. The summed E-state index contributed by atoms with van der Waals surface area (Å²) < 4.78 is 5.18. The summed E-state index contributed by atoms with van der Waals surface area (Å²) in [5.74, 6) is 0.639. The fourth-order valence-electron chi connectivity index (χ4n) is 1.53. The van der Waals surface area contributed by atoms with Crippen molar-refractivity contribution in [2.24, 2.45) is 0 Å². The second kappa shape index (κ2) is 7.93. The van der Waals surface area contributed by atoms with Gasteiger partial charge in [0.15, 0.2) is 0 Å². The monoisotopic (exact) mass is 310 g/mol. The molecule has 6 heteroatoms. The van der Waals surface area contributed by atoms with Crippen molar-refractivity contribution in [2.75, 3.05) is 5.75 Å². The predicted octanol–water partition coefficient (Wildman–Crippen LogP) is 3.80. The molecule has 0 aliphatic carbocycles. The molecule has 0 fully saturated rings. The lowest BCUT2D eigenvalue weighted by Crippen LogP contribution is -2.46. The Morgan fingerprint density at radius 2 is 1.86 bits per heavy atom. The van der Waals surface area contributed by atoms with Crippen LogP contribution < -0.4 is 5.43 Å². The summed E-state index contributed by atoms with van der Waals surface area (Å²) in [6.07, 6.45) is -0.636. The maximum absolute atomic E-state index is 12.1. The Bertz CT molecular complexity index is 472. The molecular weight excluding hydrogens is 288 g/mol. The van der Waals surface area contributed by atoms with Crippen LogP contribution in [0.15, 0.2) is 30.3 Å². The summed E-state index contributed by atoms with van der Waals surface area (Å²) in [7, 11) is 0. The third-order valence-electron chi connectivity index (χ3n) is 2.30. The zero-order valence-electron chi connectivity index (χ0n) is 12.9. The van der Waals surface area contributed by atoms with Crippen LogP contribution in [0.4, 0.5) is 9.59 Å². The lowest BCUT2D eigenvalue weighted by Gasteiger charge is -2.25. The minimum atomic E-state index is -0.636. The minimum Gasteiger partial charge on any atom is -0.443 e. The van der Waals surface area contributed by atoms with Crippen LogP contribution in [0.3, 0.4) is 0 Å². The highest BCUT2D eigenvalue weighted by Gasteiger charge is 2.21. The second-order valence-corrected chi connectivity index (χ2v) is 6.60. The van der Waals surface area contributed by atoms with E-state index in [0.29, 0.717) is 12.3 Å². The smallest absolute Gasteiger partial charge is 0.426 e. The van der Waals surface area contributed by atoms with Gasteiger partial charge in [0.1, 0.15) is 5.60 Å². The Labute approximate surface area is 130 Å². The van der Waals surface area contributed by atoms with Gasteiger partial charge in [0.2, 0.25) is 0 Å². The summed E-state index contributed by atoms with van der Waals surface area (Å²) in [5.41, 5.74) is 2.83. The third kappa shape index (κ3) is 7.04. The number of benzene rings is 1. The van der Waals surface area contributed by atoms with Crippen LogP contribution >= 0.6 is 11.8 Å². The van der Waals surface area contributed by atoms with Crippen LogP contribution in [-0.2, 0) is 11.3 Å². The van der Waals surface area contributed by atoms with Crippen LogP contribution in [-0.4, -0.2) is 27.7 Å². The van der Waals surface area contributed by atoms with Gasteiger partial charge in [-0.15, -0.1) is 0 Å². The van der Waals surface area contributed by atoms with E-state index >= 15 is 0 Å². The zero-order chi connectivity index (χ0) is 15.9. The molecule has 0 aromatic heterocycles. The van der Waals surface area contributed by atoms with Crippen LogP contribution in [0.2, 0.25) is 0 Å². The highest BCUT2D eigenvalue weighted by molar-refractivity contribution is 8.13. The molecule has 1 rings (SSSR count). The molecule has 1 N–H and O–H groups in total. The Morgan fingerprint density at radius 3 is 2.38 bits per heavy atom. The summed E-state index contributed by atoms with van der Waals surface area (Å²) >= 11 is 1.14. The Morgan fingerprint density at radius 1 is 1.24 bits per heavy atom. The molecule has 0 bridgehead atoms. The van der Waals surface area contributed by atoms with Gasteiger partial charge in [0.25, 0.3) is 0 Å². The van der Waals surface area contributed by atoms with Gasteiger partial charge in [0, 0.05) is 0 Å². The average Bonchev–Trinajstić information content (AvgIpc) is 2.37. The molecule has 0 saturated carbocycles. The van der Waals surface area contributed by atoms with Crippen molar-refractivity contribution in [3.05, 3.63) is 35.9 Å². The van der Waals surface area contributed by atoms with Crippen molar-refractivity contribution in [2.45, 2.75) is 39.8 Å². The predicted molar refractivity (Wildman–Crippen MR) is 84.9 cm³/mol. The van der Waals surface area contributed by atoms with Gasteiger partial charge in [-0.05, 0) is 32.1 Å². The summed E-state index contributed by atoms with van der Waals surface area (Å²) in [4.78, 5) is 23.9. The first-order chi connectivity index (χ1) is 9.81. The van der Waals surface area contributed by atoms with E-state index in [4.69, 9.17) is 4.74 Å². The molecule has 1 aromatic rings. The molecule has 0 aliphatic rings. The third-order valence-corrected chi connectivity index (χ3v) is 3.05. The zero-order valence-corrected chi connectivity index (χ0v) is 13.7. The van der Waals surface area contributed by atoms with E-state index in [0.717, 1.165) is 17.3 Å². The number of rotatable bonds is 3. The Hall–Kier alpha value is -1.69. The topological polar surface area (TPSA) is 58.6 Å². The van der Waals surface area contributed by atoms with E-state index < -0.39 is 11.7 Å². The highest BCUT2D eigenvalue weighted by Crippen LogP contribution is 2.12. The van der Waals surface area contributed by atoms with Crippen molar-refractivity contribution in [3.8, 4) is 0 Å². The molecule has 0 heterocycles. The van der Waals surface area contributed by atoms with E-state index in [9.17, 15) is 9.59 Å². The fourth-order valence-corrected chi connectivity index (χ4v) is 2.04. The number of hydrazine groups is 1. The Kier molecular flexibility index (Phi) is 6.55. The number of hydrogen-bond donors (Lipinski definition) is 1. The van der Waals surface area contributed by atoms with Gasteiger partial charge in [-0.2, -0.15) is 0 Å². The molecule has 1 aromatic carbocycles. The number of amides is 2. The fraction of sp³-hybridized carbons (Fsp3) is 0.467. The first kappa shape index (κ1) is 17.4. The number of carbonyl (C=O) groups excluding carboxylic acids is 2. The van der Waals surface area contributed by atoms with Crippen molar-refractivity contribution in [1.29, 1.82) is 0 Å². The van der Waals surface area contributed by atoms with Gasteiger partial charge in [-0.1, -0.05) is 49.0 Å². The first-order valence-corrected chi connectivity index (χ1v) is 7.78. The largest absolute Gasteiger partial charge is 0.443 e. The molecular formula is C15H22N2O3S. The van der Waals surface area contributed by atoms with Gasteiger partial charge in [-0.3, -0.25) is 4.79 Å². The molecule has 5 nitrogen and oxygen atoms in total. The Balaban J connectivity index is 2.73. The molecule has 0 atom stereocenters. The number of carbonyl (C=O) groups is 2. The molecule has 116 valence electrons. The number of hydrogen-bond acceptors (Lipinski definition) is 4. The molecule has 0 aliphatic heterocycles. The lowest BCUT2D eigenvalue weighted by atomic mass is 10.2. The van der Waals surface area contributed by atoms with Crippen molar-refractivity contribution < 1.29 is 14.3 Å². The normalized spacial score (nSPS) is 10.9. The highest BCUT2D eigenvalue weighted by atomic mass is 32.2. The summed E-state index contributed by atoms with van der Waals surface area (Å²) in [5, 5.41) is 1.06. The number of nitrogens with one attached hydrogen (secondary N) is 1. The molecule has 21 heavy (non-hydrogen) atoms. The number of thioether (sulfide) groups is 1. The van der Waals surface area contributed by atoms with E-state index in [1.54, 1.807) is 20.8 Å². The maximum Gasteiger partial charge on any atom is 0.426 e. The van der Waals surface area contributed by atoms with Gasteiger partial charge in [0.05, 0.1) is 6.54 Å². The van der Waals surface area contributed by atoms with E-state index in [1.165, 1.54) is 5.01 Å². The number of ether oxygens (including phenoxy) is 1. The van der Waals surface area contributed by atoms with Crippen molar-refractivity contribution in [1.82, 2.24) is 10.4 Å². The standard InChI is InChI=1S/C15H22N2O3S/c1-5-21-14(19)17(11-12-9-7-6-8-10-12)16-13(18)20-15(2,3)4/h6-10H,5,11H2,1-4H3,(H,16,18). The van der Waals surface area contributed by atoms with Crippen LogP contribution in [0.1, 0.15) is 33.3 Å². The van der Waals surface area contributed by atoms with Crippen molar-refractivity contribution >= 4 is 23.1 Å². The summed E-state index contributed by atoms with van der Waals surface area (Å²) in [6.45, 7) is 7.51. The molecule has 2 amide bonds. The minimum absolute atomic E-state index is 0.216. The van der Waals surface area contributed by atoms with Gasteiger partial charge >= 0.3 is 11.3 Å². The molecule has 0 saturated heterocycles. The van der Waals surface area contributed by atoms with E-state index in [2.05, 4.69) is 5.43 Å². The second-order valence-electron chi connectivity index (χ2n) is 5.38. The average molecular weight is 310 g/mol. The summed E-state index contributed by atoms with van der Waals surface area (Å²) in [6, 6.07) is 9.47. The first-order valence-electron chi connectivity index (χ1n) is 6.79. The molecule has 0 radical (unpaired) electrons. The molecule has 0 spiro atoms. The van der Waals surface area contributed by atoms with Gasteiger partial charge < -0.3 is 4.74 Å². The SMILES string of the molecule is CCSC(=O)N(Cc1ccccc1)NC(=O)OC(C)(C)C. The van der Waals surface area contributed by atoms with E-state index in [-0.39, 0.29) is 5.24 Å². The molecule has 0 unspecified atom stereocenters. The quantitative estimate of drug-likeness (QED) is 0.863. The lowest BCUT2D eigenvalue weighted by molar-refractivity contribution is 0.0387. The van der Waals surface area contributed by atoms with Crippen LogP contribution in [0.25, 0.3) is 0 Å². The van der Waals surface area contributed by atoms with E-state index in [1.807, 2.05) is 37.3 Å².